The first-order chi connectivity index (χ1) is 8.17. The van der Waals surface area contributed by atoms with Crippen molar-refractivity contribution in [3.8, 4) is 5.75 Å². The second-order valence-corrected chi connectivity index (χ2v) is 4.46. The zero-order chi connectivity index (χ0) is 12.4. The number of hydrogen-bond acceptors (Lipinski definition) is 3. The van der Waals surface area contributed by atoms with Crippen LogP contribution in [0, 0.1) is 11.7 Å². The van der Waals surface area contributed by atoms with Crippen molar-refractivity contribution in [1.82, 2.24) is 0 Å². The average molecular weight is 239 g/mol. The second kappa shape index (κ2) is 5.02. The van der Waals surface area contributed by atoms with Crippen LogP contribution in [0.25, 0.3) is 0 Å². The van der Waals surface area contributed by atoms with E-state index in [2.05, 4.69) is 0 Å². The summed E-state index contributed by atoms with van der Waals surface area (Å²) in [6.07, 6.45) is 2.26. The summed E-state index contributed by atoms with van der Waals surface area (Å²) in [4.78, 5) is 0. The van der Waals surface area contributed by atoms with Gasteiger partial charge in [0.2, 0.25) is 0 Å². The number of nitrogens with two attached hydrogens (primary N) is 1. The third kappa shape index (κ3) is 2.58. The van der Waals surface area contributed by atoms with Crippen molar-refractivity contribution in [2.45, 2.75) is 25.0 Å². The molecule has 1 fully saturated rings. The van der Waals surface area contributed by atoms with E-state index in [-0.39, 0.29) is 23.7 Å². The van der Waals surface area contributed by atoms with Gasteiger partial charge in [0, 0.05) is 7.11 Å². The Bertz CT molecular complexity index is 393. The lowest BCUT2D eigenvalue weighted by atomic mass is 9.98. The minimum absolute atomic E-state index is 0.0252. The Morgan fingerprint density at radius 1 is 1.35 bits per heavy atom. The number of methoxy groups -OCH3 is 2. The standard InChI is InChI=1S/C13H18FNO2/c1-16-11-6-5-9(7-10(11)14)12(15)13(17-2)8-3-4-8/h5-8,12-13H,3-4,15H2,1-2H3. The van der Waals surface area contributed by atoms with Crippen molar-refractivity contribution in [2.24, 2.45) is 11.7 Å². The van der Waals surface area contributed by atoms with Crippen LogP contribution >= 0.6 is 0 Å². The van der Waals surface area contributed by atoms with E-state index in [4.69, 9.17) is 15.2 Å². The molecule has 4 heteroatoms. The number of hydrogen-bond donors (Lipinski definition) is 1. The van der Waals surface area contributed by atoms with Crippen LogP contribution in [0.2, 0.25) is 0 Å². The van der Waals surface area contributed by atoms with Gasteiger partial charge in [-0.2, -0.15) is 0 Å². The zero-order valence-electron chi connectivity index (χ0n) is 10.2. The summed E-state index contributed by atoms with van der Waals surface area (Å²) < 4.78 is 23.9. The van der Waals surface area contributed by atoms with E-state index in [1.165, 1.54) is 13.2 Å². The van der Waals surface area contributed by atoms with Crippen molar-refractivity contribution in [2.75, 3.05) is 14.2 Å². The van der Waals surface area contributed by atoms with Gasteiger partial charge in [0.25, 0.3) is 0 Å². The largest absolute Gasteiger partial charge is 0.494 e. The summed E-state index contributed by atoms with van der Waals surface area (Å²) in [7, 11) is 3.10. The Hall–Kier alpha value is -1.13. The molecule has 2 rings (SSSR count). The number of benzene rings is 1. The highest BCUT2D eigenvalue weighted by Gasteiger charge is 2.36. The Morgan fingerprint density at radius 2 is 2.06 bits per heavy atom. The third-order valence-electron chi connectivity index (χ3n) is 3.27. The molecular weight excluding hydrogens is 221 g/mol. The summed E-state index contributed by atoms with van der Waals surface area (Å²) in [5.74, 6) is 0.368. The predicted molar refractivity (Wildman–Crippen MR) is 63.4 cm³/mol. The highest BCUT2D eigenvalue weighted by molar-refractivity contribution is 5.31. The topological polar surface area (TPSA) is 44.5 Å². The predicted octanol–water partition coefficient (Wildman–Crippen LogP) is 2.26. The average Bonchev–Trinajstić information content (AvgIpc) is 3.14. The number of rotatable bonds is 5. The molecule has 1 aliphatic carbocycles. The van der Waals surface area contributed by atoms with E-state index >= 15 is 0 Å². The minimum Gasteiger partial charge on any atom is -0.494 e. The lowest BCUT2D eigenvalue weighted by molar-refractivity contribution is 0.0623. The lowest BCUT2D eigenvalue weighted by Crippen LogP contribution is -2.29. The van der Waals surface area contributed by atoms with E-state index in [1.54, 1.807) is 19.2 Å². The van der Waals surface area contributed by atoms with Crippen molar-refractivity contribution in [3.05, 3.63) is 29.6 Å². The van der Waals surface area contributed by atoms with Crippen LogP contribution < -0.4 is 10.5 Å². The molecule has 3 nitrogen and oxygen atoms in total. The van der Waals surface area contributed by atoms with Crippen molar-refractivity contribution >= 4 is 0 Å². The number of halogens is 1. The fourth-order valence-corrected chi connectivity index (χ4v) is 2.14. The maximum atomic E-state index is 13.6. The van der Waals surface area contributed by atoms with E-state index in [0.717, 1.165) is 18.4 Å². The molecule has 0 amide bonds. The van der Waals surface area contributed by atoms with Gasteiger partial charge in [0.1, 0.15) is 0 Å². The fraction of sp³-hybridized carbons (Fsp3) is 0.538. The van der Waals surface area contributed by atoms with Gasteiger partial charge < -0.3 is 15.2 Å². The highest BCUT2D eigenvalue weighted by Crippen LogP contribution is 2.39. The molecular formula is C13H18FNO2. The van der Waals surface area contributed by atoms with Gasteiger partial charge in [-0.1, -0.05) is 6.07 Å². The van der Waals surface area contributed by atoms with Crippen LogP contribution in [-0.2, 0) is 4.74 Å². The van der Waals surface area contributed by atoms with E-state index < -0.39 is 0 Å². The van der Waals surface area contributed by atoms with Gasteiger partial charge in [-0.25, -0.2) is 4.39 Å². The summed E-state index contributed by atoms with van der Waals surface area (Å²) in [6.45, 7) is 0. The quantitative estimate of drug-likeness (QED) is 0.857. The second-order valence-electron chi connectivity index (χ2n) is 4.46. The third-order valence-corrected chi connectivity index (χ3v) is 3.27. The first-order valence-corrected chi connectivity index (χ1v) is 5.79. The van der Waals surface area contributed by atoms with Crippen molar-refractivity contribution in [1.29, 1.82) is 0 Å². The molecule has 2 N–H and O–H groups in total. The normalized spacial score (nSPS) is 18.8. The molecule has 1 aromatic carbocycles. The van der Waals surface area contributed by atoms with Crippen LogP contribution in [0.1, 0.15) is 24.4 Å². The van der Waals surface area contributed by atoms with E-state index in [1.807, 2.05) is 0 Å². The van der Waals surface area contributed by atoms with Gasteiger partial charge in [0.15, 0.2) is 11.6 Å². The molecule has 0 aromatic heterocycles. The van der Waals surface area contributed by atoms with Gasteiger partial charge in [0.05, 0.1) is 19.3 Å². The van der Waals surface area contributed by atoms with Gasteiger partial charge >= 0.3 is 0 Å². The van der Waals surface area contributed by atoms with Gasteiger partial charge in [-0.15, -0.1) is 0 Å². The summed E-state index contributed by atoms with van der Waals surface area (Å²) >= 11 is 0. The molecule has 1 saturated carbocycles. The molecule has 0 heterocycles. The molecule has 0 bridgehead atoms. The SMILES string of the molecule is COc1ccc(C(N)C(OC)C2CC2)cc1F. The molecule has 2 atom stereocenters. The van der Waals surface area contributed by atoms with Crippen molar-refractivity contribution in [3.63, 3.8) is 0 Å². The molecule has 94 valence electrons. The first kappa shape index (κ1) is 12.3. The van der Waals surface area contributed by atoms with Crippen LogP contribution in [0.15, 0.2) is 18.2 Å². The Morgan fingerprint density at radius 3 is 2.53 bits per heavy atom. The molecule has 2 unspecified atom stereocenters. The Kier molecular flexibility index (Phi) is 3.64. The maximum Gasteiger partial charge on any atom is 0.165 e. The smallest absolute Gasteiger partial charge is 0.165 e. The molecule has 0 spiro atoms. The van der Waals surface area contributed by atoms with Gasteiger partial charge in [-0.05, 0) is 36.5 Å². The highest BCUT2D eigenvalue weighted by atomic mass is 19.1. The fourth-order valence-electron chi connectivity index (χ4n) is 2.14. The summed E-state index contributed by atoms with van der Waals surface area (Å²) in [5.41, 5.74) is 6.87. The lowest BCUT2D eigenvalue weighted by Gasteiger charge is -2.23. The summed E-state index contributed by atoms with van der Waals surface area (Å²) in [6, 6.07) is 4.54. The minimum atomic E-state index is -0.383. The van der Waals surface area contributed by atoms with Crippen LogP contribution in [0.5, 0.6) is 5.75 Å². The number of ether oxygens (including phenoxy) is 2. The van der Waals surface area contributed by atoms with Crippen LogP contribution in [0.3, 0.4) is 0 Å². The Labute approximate surface area is 101 Å². The molecule has 1 aliphatic rings. The van der Waals surface area contributed by atoms with E-state index in [9.17, 15) is 4.39 Å². The van der Waals surface area contributed by atoms with Crippen LogP contribution in [-0.4, -0.2) is 20.3 Å². The molecule has 1 aromatic rings. The zero-order valence-corrected chi connectivity index (χ0v) is 10.2. The maximum absolute atomic E-state index is 13.6. The Balaban J connectivity index is 2.17. The van der Waals surface area contributed by atoms with Gasteiger partial charge in [-0.3, -0.25) is 0 Å². The van der Waals surface area contributed by atoms with E-state index in [0.29, 0.717) is 5.92 Å². The molecule has 0 radical (unpaired) electrons. The monoisotopic (exact) mass is 239 g/mol. The molecule has 0 saturated heterocycles. The molecule has 0 aliphatic heterocycles. The summed E-state index contributed by atoms with van der Waals surface area (Å²) in [5, 5.41) is 0. The van der Waals surface area contributed by atoms with Crippen LogP contribution in [0.4, 0.5) is 4.39 Å². The first-order valence-electron chi connectivity index (χ1n) is 5.79. The van der Waals surface area contributed by atoms with Crippen molar-refractivity contribution < 1.29 is 13.9 Å². The molecule has 17 heavy (non-hydrogen) atoms.